The number of anilines is 1. The monoisotopic (exact) mass is 393 g/mol. The minimum atomic E-state index is -0.580. The maximum atomic E-state index is 12.1. The van der Waals surface area contributed by atoms with Gasteiger partial charge in [-0.05, 0) is 18.6 Å². The molecule has 8 nitrogen and oxygen atoms in total. The van der Waals surface area contributed by atoms with E-state index < -0.39 is 18.5 Å². The number of rotatable bonds is 9. The van der Waals surface area contributed by atoms with Crippen LogP contribution in [0.5, 0.6) is 0 Å². The van der Waals surface area contributed by atoms with Crippen LogP contribution in [0.4, 0.5) is 5.69 Å². The number of hydrogen-bond acceptors (Lipinski definition) is 6. The lowest BCUT2D eigenvalue weighted by Gasteiger charge is -2.28. The Morgan fingerprint density at radius 1 is 1.19 bits per heavy atom. The molecule has 2 rings (SSSR count). The van der Waals surface area contributed by atoms with E-state index in [1.54, 1.807) is 4.90 Å². The number of benzene rings is 1. The van der Waals surface area contributed by atoms with Crippen molar-refractivity contribution in [1.29, 1.82) is 0 Å². The third-order valence-electron chi connectivity index (χ3n) is 3.73. The number of carbonyl (C=O) groups is 4. The Bertz CT molecular complexity index is 710. The van der Waals surface area contributed by atoms with Gasteiger partial charge in [0.25, 0.3) is 5.91 Å². The highest BCUT2D eigenvalue weighted by molar-refractivity contribution is 8.00. The molecule has 1 aromatic rings. The number of thioether (sulfide) groups is 1. The van der Waals surface area contributed by atoms with Crippen LogP contribution in [0.1, 0.15) is 19.8 Å². The molecule has 0 aliphatic carbocycles. The molecular weight excluding hydrogens is 370 g/mol. The fourth-order valence-electron chi connectivity index (χ4n) is 2.38. The zero-order chi connectivity index (χ0) is 19.6. The first kappa shape index (κ1) is 20.8. The molecule has 0 spiro atoms. The number of amides is 3. The van der Waals surface area contributed by atoms with E-state index in [1.165, 1.54) is 11.8 Å². The standard InChI is InChI=1S/C18H23N3O5S/c1-2-8-19-15(22)10-20-16(23)11-26-18(25)7-9-21-13-5-3-4-6-14(13)27-12-17(21)24/h3-6H,2,7-12H2,1H3,(H,19,22)(H,20,23). The molecule has 27 heavy (non-hydrogen) atoms. The van der Waals surface area contributed by atoms with Gasteiger partial charge in [-0.3, -0.25) is 19.2 Å². The highest BCUT2D eigenvalue weighted by Crippen LogP contribution is 2.34. The average Bonchev–Trinajstić information content (AvgIpc) is 2.68. The molecule has 0 saturated heterocycles. The molecular formula is C18H23N3O5S. The molecule has 1 aliphatic heterocycles. The van der Waals surface area contributed by atoms with Crippen molar-refractivity contribution in [3.05, 3.63) is 24.3 Å². The van der Waals surface area contributed by atoms with Crippen LogP contribution in [-0.2, 0) is 23.9 Å². The second-order valence-electron chi connectivity index (χ2n) is 5.84. The van der Waals surface area contributed by atoms with Crippen molar-refractivity contribution >= 4 is 41.1 Å². The predicted molar refractivity (Wildman–Crippen MR) is 101 cm³/mol. The summed E-state index contributed by atoms with van der Waals surface area (Å²) in [6.45, 7) is 2.04. The van der Waals surface area contributed by atoms with Gasteiger partial charge in [0, 0.05) is 18.0 Å². The second kappa shape index (κ2) is 10.6. The average molecular weight is 393 g/mol. The lowest BCUT2D eigenvalue weighted by atomic mass is 10.2. The number of nitrogens with zero attached hydrogens (tertiary/aromatic N) is 1. The molecule has 0 aromatic heterocycles. The summed E-state index contributed by atoms with van der Waals surface area (Å²) < 4.78 is 4.91. The highest BCUT2D eigenvalue weighted by atomic mass is 32.2. The van der Waals surface area contributed by atoms with E-state index in [2.05, 4.69) is 10.6 Å². The Balaban J connectivity index is 1.71. The van der Waals surface area contributed by atoms with Gasteiger partial charge in [-0.1, -0.05) is 19.1 Å². The number of hydrogen-bond donors (Lipinski definition) is 2. The van der Waals surface area contributed by atoms with Crippen molar-refractivity contribution in [2.45, 2.75) is 24.7 Å². The van der Waals surface area contributed by atoms with Gasteiger partial charge in [-0.25, -0.2) is 0 Å². The molecule has 0 fully saturated rings. The molecule has 0 atom stereocenters. The molecule has 1 heterocycles. The highest BCUT2D eigenvalue weighted by Gasteiger charge is 2.24. The maximum absolute atomic E-state index is 12.1. The lowest BCUT2D eigenvalue weighted by Crippen LogP contribution is -2.39. The summed E-state index contributed by atoms with van der Waals surface area (Å²) >= 11 is 1.47. The maximum Gasteiger partial charge on any atom is 0.308 e. The first-order chi connectivity index (χ1) is 13.0. The van der Waals surface area contributed by atoms with Gasteiger partial charge in [0.15, 0.2) is 6.61 Å². The predicted octanol–water partition coefficient (Wildman–Crippen LogP) is 0.701. The summed E-state index contributed by atoms with van der Waals surface area (Å²) in [6.07, 6.45) is 0.787. The van der Waals surface area contributed by atoms with E-state index in [0.29, 0.717) is 12.3 Å². The van der Waals surface area contributed by atoms with Gasteiger partial charge in [-0.15, -0.1) is 11.8 Å². The molecule has 9 heteroatoms. The van der Waals surface area contributed by atoms with E-state index in [-0.39, 0.29) is 31.3 Å². The molecule has 1 aliphatic rings. The number of nitrogens with one attached hydrogen (secondary N) is 2. The first-order valence-corrected chi connectivity index (χ1v) is 9.71. The molecule has 0 saturated carbocycles. The summed E-state index contributed by atoms with van der Waals surface area (Å²) in [7, 11) is 0. The van der Waals surface area contributed by atoms with Crippen molar-refractivity contribution < 1.29 is 23.9 Å². The zero-order valence-corrected chi connectivity index (χ0v) is 16.0. The number of esters is 1. The van der Waals surface area contributed by atoms with Gasteiger partial charge >= 0.3 is 5.97 Å². The minimum Gasteiger partial charge on any atom is -0.456 e. The Labute approximate surface area is 162 Å². The second-order valence-corrected chi connectivity index (χ2v) is 6.86. The SMILES string of the molecule is CCCNC(=O)CNC(=O)COC(=O)CCN1C(=O)CSc2ccccc21. The zero-order valence-electron chi connectivity index (χ0n) is 15.2. The summed E-state index contributed by atoms with van der Waals surface area (Å²) in [5.41, 5.74) is 0.780. The van der Waals surface area contributed by atoms with E-state index in [1.807, 2.05) is 31.2 Å². The van der Waals surface area contributed by atoms with Crippen LogP contribution in [0, 0.1) is 0 Å². The van der Waals surface area contributed by atoms with Crippen molar-refractivity contribution in [1.82, 2.24) is 10.6 Å². The third-order valence-corrected chi connectivity index (χ3v) is 4.78. The van der Waals surface area contributed by atoms with Crippen LogP contribution < -0.4 is 15.5 Å². The number of ether oxygens (including phenoxy) is 1. The largest absolute Gasteiger partial charge is 0.456 e. The van der Waals surface area contributed by atoms with Crippen LogP contribution in [0.3, 0.4) is 0 Å². The van der Waals surface area contributed by atoms with Gasteiger partial charge < -0.3 is 20.3 Å². The Morgan fingerprint density at radius 3 is 2.74 bits per heavy atom. The van der Waals surface area contributed by atoms with Crippen LogP contribution in [0.2, 0.25) is 0 Å². The van der Waals surface area contributed by atoms with E-state index >= 15 is 0 Å². The summed E-state index contributed by atoms with van der Waals surface area (Å²) in [4.78, 5) is 49.5. The molecule has 0 radical (unpaired) electrons. The fourth-order valence-corrected chi connectivity index (χ4v) is 3.31. The summed E-state index contributed by atoms with van der Waals surface area (Å²) in [6, 6.07) is 7.50. The molecule has 1 aromatic carbocycles. The molecule has 3 amide bonds. The van der Waals surface area contributed by atoms with Gasteiger partial charge in [0.2, 0.25) is 11.8 Å². The van der Waals surface area contributed by atoms with Crippen LogP contribution in [-0.4, -0.2) is 55.7 Å². The van der Waals surface area contributed by atoms with Gasteiger partial charge in [0.05, 0.1) is 24.4 Å². The van der Waals surface area contributed by atoms with Crippen molar-refractivity contribution in [2.75, 3.05) is 36.9 Å². The first-order valence-electron chi connectivity index (χ1n) is 8.72. The number of carbonyl (C=O) groups excluding carboxylic acids is 4. The van der Waals surface area contributed by atoms with Crippen LogP contribution in [0.25, 0.3) is 0 Å². The van der Waals surface area contributed by atoms with E-state index in [0.717, 1.165) is 17.0 Å². The van der Waals surface area contributed by atoms with Crippen molar-refractivity contribution in [3.8, 4) is 0 Å². The quantitative estimate of drug-likeness (QED) is 0.599. The van der Waals surface area contributed by atoms with E-state index in [9.17, 15) is 19.2 Å². The minimum absolute atomic E-state index is 0.0188. The normalized spacial score (nSPS) is 12.9. The van der Waals surface area contributed by atoms with Crippen LogP contribution in [0.15, 0.2) is 29.2 Å². The third kappa shape index (κ3) is 6.59. The lowest BCUT2D eigenvalue weighted by molar-refractivity contribution is -0.148. The molecule has 2 N–H and O–H groups in total. The molecule has 0 unspecified atom stereocenters. The Hall–Kier alpha value is -2.55. The Morgan fingerprint density at radius 2 is 1.96 bits per heavy atom. The molecule has 146 valence electrons. The van der Waals surface area contributed by atoms with E-state index in [4.69, 9.17) is 4.74 Å². The fraction of sp³-hybridized carbons (Fsp3) is 0.444. The summed E-state index contributed by atoms with van der Waals surface area (Å²) in [5.74, 6) is -1.16. The van der Waals surface area contributed by atoms with Crippen molar-refractivity contribution in [3.63, 3.8) is 0 Å². The Kier molecular flexibility index (Phi) is 8.12. The van der Waals surface area contributed by atoms with Gasteiger partial charge in [0.1, 0.15) is 0 Å². The smallest absolute Gasteiger partial charge is 0.308 e. The van der Waals surface area contributed by atoms with Crippen molar-refractivity contribution in [2.24, 2.45) is 0 Å². The topological polar surface area (TPSA) is 105 Å². The number of fused-ring (bicyclic) bond motifs is 1. The summed E-state index contributed by atoms with van der Waals surface area (Å²) in [5, 5.41) is 5.00. The molecule has 0 bridgehead atoms. The number of para-hydroxylation sites is 1. The van der Waals surface area contributed by atoms with Crippen LogP contribution >= 0.6 is 11.8 Å². The van der Waals surface area contributed by atoms with Gasteiger partial charge in [-0.2, -0.15) is 0 Å².